The molecule has 3 rings (SSSR count). The van der Waals surface area contributed by atoms with Crippen LogP contribution >= 0.6 is 12.4 Å². The Labute approximate surface area is 132 Å². The largest absolute Gasteiger partial charge is 0.328 e. The summed E-state index contributed by atoms with van der Waals surface area (Å²) in [4.78, 5) is 7.32. The molecule has 0 bridgehead atoms. The van der Waals surface area contributed by atoms with Gasteiger partial charge in [-0.15, -0.1) is 12.4 Å². The molecule has 2 N–H and O–H groups in total. The average Bonchev–Trinajstić information content (AvgIpc) is 2.80. The van der Waals surface area contributed by atoms with E-state index in [0.717, 1.165) is 51.0 Å². The molecule has 0 amide bonds. The van der Waals surface area contributed by atoms with Crippen LogP contribution in [0.4, 0.5) is 0 Å². The van der Waals surface area contributed by atoms with Gasteiger partial charge in [0.25, 0.3) is 0 Å². The maximum absolute atomic E-state index is 5.98. The molecular formula is C16H25ClN4. The van der Waals surface area contributed by atoms with Crippen molar-refractivity contribution in [3.8, 4) is 0 Å². The number of aromatic nitrogens is 2. The first-order valence-corrected chi connectivity index (χ1v) is 7.70. The lowest BCUT2D eigenvalue weighted by Crippen LogP contribution is -2.39. The number of para-hydroxylation sites is 2. The molecule has 5 heteroatoms. The van der Waals surface area contributed by atoms with E-state index in [0.29, 0.717) is 6.04 Å². The smallest absolute Gasteiger partial charge is 0.124 e. The van der Waals surface area contributed by atoms with E-state index in [-0.39, 0.29) is 12.4 Å². The first-order valence-electron chi connectivity index (χ1n) is 7.70. The van der Waals surface area contributed by atoms with Crippen molar-refractivity contribution in [2.24, 2.45) is 5.73 Å². The van der Waals surface area contributed by atoms with Crippen molar-refractivity contribution in [3.05, 3.63) is 30.1 Å². The Hall–Kier alpha value is -1.10. The fourth-order valence-corrected chi connectivity index (χ4v) is 3.03. The van der Waals surface area contributed by atoms with Crippen molar-refractivity contribution in [1.82, 2.24) is 14.5 Å². The van der Waals surface area contributed by atoms with Gasteiger partial charge in [-0.05, 0) is 31.4 Å². The van der Waals surface area contributed by atoms with E-state index in [9.17, 15) is 0 Å². The van der Waals surface area contributed by atoms with Crippen LogP contribution in [0.1, 0.15) is 32.0 Å². The highest BCUT2D eigenvalue weighted by Crippen LogP contribution is 2.19. The summed E-state index contributed by atoms with van der Waals surface area (Å²) in [6.07, 6.45) is 3.35. The van der Waals surface area contributed by atoms with Crippen molar-refractivity contribution >= 4 is 23.4 Å². The third-order valence-corrected chi connectivity index (χ3v) is 4.18. The first kappa shape index (κ1) is 16.3. The van der Waals surface area contributed by atoms with Gasteiger partial charge >= 0.3 is 0 Å². The van der Waals surface area contributed by atoms with Crippen LogP contribution in [0, 0.1) is 0 Å². The fraction of sp³-hybridized carbons (Fsp3) is 0.562. The van der Waals surface area contributed by atoms with E-state index in [2.05, 4.69) is 40.7 Å². The third-order valence-electron chi connectivity index (χ3n) is 4.18. The van der Waals surface area contributed by atoms with Crippen molar-refractivity contribution < 1.29 is 0 Å². The number of aryl methyl sites for hydroxylation is 1. The van der Waals surface area contributed by atoms with Gasteiger partial charge in [0.2, 0.25) is 0 Å². The van der Waals surface area contributed by atoms with Gasteiger partial charge in [0.1, 0.15) is 5.82 Å². The van der Waals surface area contributed by atoms with Gasteiger partial charge in [-0.25, -0.2) is 4.98 Å². The predicted molar refractivity (Wildman–Crippen MR) is 89.8 cm³/mol. The van der Waals surface area contributed by atoms with Crippen molar-refractivity contribution in [2.45, 2.75) is 45.3 Å². The highest BCUT2D eigenvalue weighted by atomic mass is 35.5. The normalized spacial score (nSPS) is 17.0. The minimum absolute atomic E-state index is 0. The minimum Gasteiger partial charge on any atom is -0.328 e. The van der Waals surface area contributed by atoms with Gasteiger partial charge < -0.3 is 10.3 Å². The number of hydrogen-bond donors (Lipinski definition) is 1. The number of nitrogens with zero attached hydrogens (tertiary/aromatic N) is 3. The topological polar surface area (TPSA) is 47.1 Å². The Morgan fingerprint density at radius 2 is 1.95 bits per heavy atom. The summed E-state index contributed by atoms with van der Waals surface area (Å²) in [7, 11) is 0. The fourth-order valence-electron chi connectivity index (χ4n) is 3.03. The van der Waals surface area contributed by atoms with Crippen LogP contribution in [0.5, 0.6) is 0 Å². The average molecular weight is 309 g/mol. The Bertz CT molecular complexity index is 573. The zero-order chi connectivity index (χ0) is 13.9. The van der Waals surface area contributed by atoms with E-state index < -0.39 is 0 Å². The zero-order valence-electron chi connectivity index (χ0n) is 12.7. The number of benzene rings is 1. The highest BCUT2D eigenvalue weighted by molar-refractivity contribution is 5.85. The Morgan fingerprint density at radius 3 is 2.67 bits per heavy atom. The predicted octanol–water partition coefficient (Wildman–Crippen LogP) is 2.79. The summed E-state index contributed by atoms with van der Waals surface area (Å²) < 4.78 is 2.38. The number of hydrogen-bond acceptors (Lipinski definition) is 3. The molecule has 2 aromatic rings. The van der Waals surface area contributed by atoms with Gasteiger partial charge in [-0.2, -0.15) is 0 Å². The SMILES string of the molecule is CCCn1c(CN2CCC(N)CC2)nc2ccccc21.Cl. The molecule has 0 saturated carbocycles. The second kappa shape index (κ2) is 7.25. The maximum atomic E-state index is 5.98. The third kappa shape index (κ3) is 3.57. The molecule has 2 heterocycles. The molecule has 0 atom stereocenters. The van der Waals surface area contributed by atoms with E-state index >= 15 is 0 Å². The molecule has 1 aromatic carbocycles. The molecule has 0 spiro atoms. The number of likely N-dealkylation sites (tertiary alicyclic amines) is 1. The van der Waals surface area contributed by atoms with Crippen LogP contribution in [0.3, 0.4) is 0 Å². The number of imidazole rings is 1. The molecule has 1 fully saturated rings. The van der Waals surface area contributed by atoms with Crippen LogP contribution in [0.15, 0.2) is 24.3 Å². The van der Waals surface area contributed by atoms with E-state index in [1.165, 1.54) is 11.3 Å². The summed E-state index contributed by atoms with van der Waals surface area (Å²) in [5.74, 6) is 1.20. The number of halogens is 1. The summed E-state index contributed by atoms with van der Waals surface area (Å²) in [5, 5.41) is 0. The molecular weight excluding hydrogens is 284 g/mol. The molecule has 116 valence electrons. The van der Waals surface area contributed by atoms with Gasteiger partial charge in [0.15, 0.2) is 0 Å². The number of piperidine rings is 1. The quantitative estimate of drug-likeness (QED) is 0.945. The molecule has 21 heavy (non-hydrogen) atoms. The van der Waals surface area contributed by atoms with Crippen molar-refractivity contribution in [3.63, 3.8) is 0 Å². The number of nitrogens with two attached hydrogens (primary N) is 1. The van der Waals surface area contributed by atoms with Crippen LogP contribution < -0.4 is 5.73 Å². The molecule has 0 radical (unpaired) electrons. The lowest BCUT2D eigenvalue weighted by molar-refractivity contribution is 0.199. The molecule has 1 aliphatic rings. The van der Waals surface area contributed by atoms with Gasteiger partial charge in [-0.3, -0.25) is 4.90 Å². The molecule has 0 unspecified atom stereocenters. The van der Waals surface area contributed by atoms with Crippen molar-refractivity contribution in [2.75, 3.05) is 13.1 Å². The second-order valence-electron chi connectivity index (χ2n) is 5.78. The zero-order valence-corrected chi connectivity index (χ0v) is 13.5. The maximum Gasteiger partial charge on any atom is 0.124 e. The van der Waals surface area contributed by atoms with Crippen molar-refractivity contribution in [1.29, 1.82) is 0 Å². The Balaban J connectivity index is 0.00000161. The monoisotopic (exact) mass is 308 g/mol. The van der Waals surface area contributed by atoms with Crippen LogP contribution in [-0.4, -0.2) is 33.6 Å². The van der Waals surface area contributed by atoms with Gasteiger partial charge in [0.05, 0.1) is 17.6 Å². The second-order valence-corrected chi connectivity index (χ2v) is 5.78. The Morgan fingerprint density at radius 1 is 1.24 bits per heavy atom. The summed E-state index contributed by atoms with van der Waals surface area (Å²) in [6, 6.07) is 8.83. The molecule has 1 aliphatic heterocycles. The van der Waals surface area contributed by atoms with Gasteiger partial charge in [-0.1, -0.05) is 19.1 Å². The van der Waals surface area contributed by atoms with E-state index in [1.807, 2.05) is 0 Å². The number of fused-ring (bicyclic) bond motifs is 1. The molecule has 0 aliphatic carbocycles. The minimum atomic E-state index is 0. The summed E-state index contributed by atoms with van der Waals surface area (Å²) in [5.41, 5.74) is 8.36. The highest BCUT2D eigenvalue weighted by Gasteiger charge is 2.18. The van der Waals surface area contributed by atoms with Gasteiger partial charge in [0, 0.05) is 25.7 Å². The lowest BCUT2D eigenvalue weighted by Gasteiger charge is -2.29. The Kier molecular flexibility index (Phi) is 5.62. The standard InChI is InChI=1S/C16H24N4.ClH/c1-2-9-20-15-6-4-3-5-14(15)18-16(20)12-19-10-7-13(17)8-11-19;/h3-6,13H,2,7-12,17H2,1H3;1H. The van der Waals surface area contributed by atoms with Crippen LogP contribution in [0.2, 0.25) is 0 Å². The molecule has 4 nitrogen and oxygen atoms in total. The molecule has 1 saturated heterocycles. The number of rotatable bonds is 4. The summed E-state index contributed by atoms with van der Waals surface area (Å²) >= 11 is 0. The first-order chi connectivity index (χ1) is 9.78. The lowest BCUT2D eigenvalue weighted by atomic mass is 10.1. The summed E-state index contributed by atoms with van der Waals surface area (Å²) in [6.45, 7) is 6.40. The molecule has 1 aromatic heterocycles. The van der Waals surface area contributed by atoms with E-state index in [4.69, 9.17) is 10.7 Å². The van der Waals surface area contributed by atoms with E-state index in [1.54, 1.807) is 0 Å². The van der Waals surface area contributed by atoms with Crippen LogP contribution in [0.25, 0.3) is 11.0 Å². The van der Waals surface area contributed by atoms with Crippen LogP contribution in [-0.2, 0) is 13.1 Å².